The van der Waals surface area contributed by atoms with Crippen LogP contribution in [0.3, 0.4) is 0 Å². The molecular formula is C16H29NO2. The third-order valence-corrected chi connectivity index (χ3v) is 4.64. The van der Waals surface area contributed by atoms with Crippen LogP contribution in [0.4, 0.5) is 0 Å². The molecule has 0 radical (unpaired) electrons. The van der Waals surface area contributed by atoms with Crippen molar-refractivity contribution in [3.05, 3.63) is 0 Å². The topological polar surface area (TPSA) is 38.7 Å². The molecule has 0 bridgehead atoms. The fourth-order valence-electron chi connectivity index (χ4n) is 2.90. The number of nitrogens with zero attached hydrogens (tertiary/aromatic N) is 1. The van der Waals surface area contributed by atoms with Crippen LogP contribution in [0.2, 0.25) is 0 Å². The second-order valence-electron chi connectivity index (χ2n) is 7.56. The van der Waals surface area contributed by atoms with Gasteiger partial charge in [0.05, 0.1) is 0 Å². The third kappa shape index (κ3) is 3.80. The monoisotopic (exact) mass is 267 g/mol. The first kappa shape index (κ1) is 16.2. The molecule has 19 heavy (non-hydrogen) atoms. The summed E-state index contributed by atoms with van der Waals surface area (Å²) in [5, 5.41) is 0. The van der Waals surface area contributed by atoms with Crippen molar-refractivity contribution in [3.63, 3.8) is 0 Å². The predicted molar refractivity (Wildman–Crippen MR) is 79.6 cm³/mol. The van der Waals surface area contributed by atoms with Crippen LogP contribution in [0.25, 0.3) is 0 Å². The first-order valence-corrected chi connectivity index (χ1v) is 7.21. The molecule has 1 aliphatic carbocycles. The molecule has 3 heteroatoms. The Bertz CT molecular complexity index is 377. The second-order valence-corrected chi connectivity index (χ2v) is 7.56. The Balaban J connectivity index is 2.70. The molecule has 0 aliphatic heterocycles. The van der Waals surface area contributed by atoms with Crippen molar-refractivity contribution in [1.29, 1.82) is 0 Å². The van der Waals surface area contributed by atoms with E-state index in [2.05, 4.69) is 32.7 Å². The van der Waals surface area contributed by atoms with Crippen LogP contribution < -0.4 is 0 Å². The minimum atomic E-state index is -0.433. The van der Waals surface area contributed by atoms with Gasteiger partial charge in [-0.3, -0.25) is 9.79 Å². The first-order chi connectivity index (χ1) is 8.48. The van der Waals surface area contributed by atoms with Gasteiger partial charge in [-0.25, -0.2) is 0 Å². The highest BCUT2D eigenvalue weighted by molar-refractivity contribution is 5.90. The van der Waals surface area contributed by atoms with E-state index >= 15 is 0 Å². The van der Waals surface area contributed by atoms with Gasteiger partial charge in [0.25, 0.3) is 0 Å². The van der Waals surface area contributed by atoms with Gasteiger partial charge in [0.15, 0.2) is 0 Å². The van der Waals surface area contributed by atoms with Crippen LogP contribution in [0.5, 0.6) is 0 Å². The highest BCUT2D eigenvalue weighted by Crippen LogP contribution is 2.53. The van der Waals surface area contributed by atoms with Crippen molar-refractivity contribution in [3.8, 4) is 0 Å². The number of carbonyl (C=O) groups is 1. The van der Waals surface area contributed by atoms with Gasteiger partial charge < -0.3 is 4.74 Å². The van der Waals surface area contributed by atoms with Crippen LogP contribution in [0.15, 0.2) is 4.99 Å². The van der Waals surface area contributed by atoms with E-state index in [0.29, 0.717) is 0 Å². The summed E-state index contributed by atoms with van der Waals surface area (Å²) >= 11 is 0. The van der Waals surface area contributed by atoms with Gasteiger partial charge in [-0.05, 0) is 46.0 Å². The highest BCUT2D eigenvalue weighted by Gasteiger charge is 2.46. The molecule has 1 saturated carbocycles. The average molecular weight is 267 g/mol. The van der Waals surface area contributed by atoms with Crippen molar-refractivity contribution in [1.82, 2.24) is 0 Å². The van der Waals surface area contributed by atoms with E-state index in [-0.39, 0.29) is 23.3 Å². The summed E-state index contributed by atoms with van der Waals surface area (Å²) in [6, 6.07) is 0. The van der Waals surface area contributed by atoms with Crippen molar-refractivity contribution in [2.45, 2.75) is 73.3 Å². The number of esters is 1. The molecule has 110 valence electrons. The van der Waals surface area contributed by atoms with Crippen LogP contribution in [0, 0.1) is 10.8 Å². The molecule has 1 unspecified atom stereocenters. The molecule has 0 spiro atoms. The normalized spacial score (nSPS) is 27.4. The lowest BCUT2D eigenvalue weighted by Crippen LogP contribution is -2.36. The fraction of sp³-hybridized carbons (Fsp3) is 0.875. The van der Waals surface area contributed by atoms with Crippen molar-refractivity contribution in [2.24, 2.45) is 15.8 Å². The summed E-state index contributed by atoms with van der Waals surface area (Å²) in [7, 11) is 0. The van der Waals surface area contributed by atoms with Crippen LogP contribution in [-0.4, -0.2) is 23.8 Å². The van der Waals surface area contributed by atoms with Gasteiger partial charge in [-0.2, -0.15) is 0 Å². The lowest BCUT2D eigenvalue weighted by Gasteiger charge is -2.38. The predicted octanol–water partition coefficient (Wildman–Crippen LogP) is 4.01. The van der Waals surface area contributed by atoms with E-state index in [0.717, 1.165) is 12.1 Å². The summed E-state index contributed by atoms with van der Waals surface area (Å²) in [4.78, 5) is 16.2. The average Bonchev–Trinajstić information content (AvgIpc) is 2.48. The van der Waals surface area contributed by atoms with E-state index in [1.54, 1.807) is 0 Å². The molecule has 0 saturated heterocycles. The van der Waals surface area contributed by atoms with E-state index in [1.807, 2.05) is 20.8 Å². The molecule has 1 fully saturated rings. The Hall–Kier alpha value is -0.860. The zero-order valence-corrected chi connectivity index (χ0v) is 13.6. The van der Waals surface area contributed by atoms with Gasteiger partial charge in [0.1, 0.15) is 12.1 Å². The van der Waals surface area contributed by atoms with Crippen LogP contribution in [0.1, 0.15) is 67.7 Å². The molecule has 3 nitrogen and oxygen atoms in total. The summed E-state index contributed by atoms with van der Waals surface area (Å²) in [5.74, 6) is -0.244. The largest absolute Gasteiger partial charge is 0.459 e. The molecule has 1 rings (SSSR count). The molecule has 1 atom stereocenters. The summed E-state index contributed by atoms with van der Waals surface area (Å²) in [6.45, 7) is 14.7. The van der Waals surface area contributed by atoms with Crippen LogP contribution >= 0.6 is 0 Å². The quantitative estimate of drug-likeness (QED) is 0.572. The maximum atomic E-state index is 11.7. The van der Waals surface area contributed by atoms with Gasteiger partial charge in [-0.15, -0.1) is 0 Å². The third-order valence-electron chi connectivity index (χ3n) is 4.64. The molecular weight excluding hydrogens is 238 g/mol. The SMILES string of the molecule is C/C(=N/CC(=O)OC(C)(C)C)C1(C)CCCC1(C)C. The maximum absolute atomic E-state index is 11.7. The van der Waals surface area contributed by atoms with E-state index in [9.17, 15) is 4.79 Å². The molecule has 0 aromatic heterocycles. The van der Waals surface area contributed by atoms with Gasteiger partial charge in [0, 0.05) is 11.1 Å². The fourth-order valence-corrected chi connectivity index (χ4v) is 2.90. The summed E-state index contributed by atoms with van der Waals surface area (Å²) in [6.07, 6.45) is 3.62. The zero-order valence-electron chi connectivity index (χ0n) is 13.6. The van der Waals surface area contributed by atoms with Crippen molar-refractivity contribution >= 4 is 11.7 Å². The van der Waals surface area contributed by atoms with Gasteiger partial charge in [0.2, 0.25) is 0 Å². The molecule has 0 N–H and O–H groups in total. The summed E-state index contributed by atoms with van der Waals surface area (Å²) < 4.78 is 5.29. The lowest BCUT2D eigenvalue weighted by molar-refractivity contribution is -0.152. The number of hydrogen-bond donors (Lipinski definition) is 0. The Kier molecular flexibility index (Phi) is 4.48. The standard InChI is InChI=1S/C16H29NO2/c1-12(16(7)10-8-9-15(16,5)6)17-11-13(18)19-14(2,3)4/h8-11H2,1-7H3/b17-12-. The van der Waals surface area contributed by atoms with E-state index in [4.69, 9.17) is 4.74 Å². The molecule has 0 aromatic rings. The van der Waals surface area contributed by atoms with Crippen LogP contribution in [-0.2, 0) is 9.53 Å². The molecule has 0 amide bonds. The number of aliphatic imine (C=N–C) groups is 1. The Morgan fingerprint density at radius 1 is 1.21 bits per heavy atom. The second kappa shape index (κ2) is 5.26. The van der Waals surface area contributed by atoms with Gasteiger partial charge in [-0.1, -0.05) is 27.2 Å². The smallest absolute Gasteiger partial charge is 0.328 e. The maximum Gasteiger partial charge on any atom is 0.328 e. The number of ether oxygens (including phenoxy) is 1. The highest BCUT2D eigenvalue weighted by atomic mass is 16.6. The lowest BCUT2D eigenvalue weighted by atomic mass is 9.67. The molecule has 0 aromatic carbocycles. The minimum Gasteiger partial charge on any atom is -0.459 e. The number of hydrogen-bond acceptors (Lipinski definition) is 3. The Morgan fingerprint density at radius 2 is 1.79 bits per heavy atom. The molecule has 1 aliphatic rings. The van der Waals surface area contributed by atoms with Crippen molar-refractivity contribution < 1.29 is 9.53 Å². The van der Waals surface area contributed by atoms with Crippen molar-refractivity contribution in [2.75, 3.05) is 6.54 Å². The Labute approximate surface area is 117 Å². The molecule has 0 heterocycles. The first-order valence-electron chi connectivity index (χ1n) is 7.21. The number of rotatable bonds is 3. The zero-order chi connectivity index (χ0) is 14.9. The Morgan fingerprint density at radius 3 is 2.21 bits per heavy atom. The van der Waals surface area contributed by atoms with E-state index in [1.165, 1.54) is 12.8 Å². The number of carbonyl (C=O) groups excluding carboxylic acids is 1. The van der Waals surface area contributed by atoms with Gasteiger partial charge >= 0.3 is 5.97 Å². The summed E-state index contributed by atoms with van der Waals surface area (Å²) in [5.41, 5.74) is 1.02. The van der Waals surface area contributed by atoms with E-state index < -0.39 is 5.60 Å². The minimum absolute atomic E-state index is 0.106.